The summed E-state index contributed by atoms with van der Waals surface area (Å²) in [6.45, 7) is 2.09. The van der Waals surface area contributed by atoms with E-state index in [2.05, 4.69) is 0 Å². The van der Waals surface area contributed by atoms with Crippen LogP contribution in [0, 0.1) is 34.3 Å². The lowest BCUT2D eigenvalue weighted by Crippen LogP contribution is -2.00. The quantitative estimate of drug-likeness (QED) is 0.769. The van der Waals surface area contributed by atoms with Crippen LogP contribution < -0.4 is 4.74 Å². The number of benzene rings is 1. The lowest BCUT2D eigenvalue weighted by molar-refractivity contribution is 0.295. The fraction of sp³-hybridized carbons (Fsp3) is 0.231. The summed E-state index contributed by atoms with van der Waals surface area (Å²) in [4.78, 5) is 0. The van der Waals surface area contributed by atoms with E-state index >= 15 is 0 Å². The Bertz CT molecular complexity index is 537. The standard InChI is InChI=1S/C13H10F2N2O/c1-2-3-18-12-6-9(4-10(7-16)8-17)5-11(14)13(12)15/h4-6H,2-3H2,1H3. The van der Waals surface area contributed by atoms with Gasteiger partial charge in [0.25, 0.3) is 0 Å². The van der Waals surface area contributed by atoms with Crippen molar-refractivity contribution in [3.63, 3.8) is 0 Å². The summed E-state index contributed by atoms with van der Waals surface area (Å²) in [5.74, 6) is -2.38. The van der Waals surface area contributed by atoms with Gasteiger partial charge in [-0.2, -0.15) is 14.9 Å². The summed E-state index contributed by atoms with van der Waals surface area (Å²) in [5, 5.41) is 17.2. The number of nitriles is 2. The van der Waals surface area contributed by atoms with Crippen LogP contribution in [0.1, 0.15) is 18.9 Å². The van der Waals surface area contributed by atoms with Crippen molar-refractivity contribution in [1.82, 2.24) is 0 Å². The molecule has 0 bridgehead atoms. The van der Waals surface area contributed by atoms with Gasteiger partial charge in [-0.25, -0.2) is 4.39 Å². The molecule has 0 fully saturated rings. The highest BCUT2D eigenvalue weighted by Gasteiger charge is 2.11. The molecule has 0 aliphatic heterocycles. The number of nitrogens with zero attached hydrogens (tertiary/aromatic N) is 2. The fourth-order valence-electron chi connectivity index (χ4n) is 1.24. The molecule has 0 aliphatic carbocycles. The molecule has 0 saturated heterocycles. The predicted molar refractivity (Wildman–Crippen MR) is 61.3 cm³/mol. The third-order valence-electron chi connectivity index (χ3n) is 2.03. The van der Waals surface area contributed by atoms with Gasteiger partial charge in [0.05, 0.1) is 6.61 Å². The number of allylic oxidation sites excluding steroid dienone is 1. The third kappa shape index (κ3) is 3.29. The lowest BCUT2D eigenvalue weighted by atomic mass is 10.1. The summed E-state index contributed by atoms with van der Waals surface area (Å²) in [6.07, 6.45) is 1.82. The Balaban J connectivity index is 3.17. The van der Waals surface area contributed by atoms with Crippen LogP contribution in [0.3, 0.4) is 0 Å². The minimum atomic E-state index is -1.08. The Hall–Kier alpha value is -2.40. The predicted octanol–water partition coefficient (Wildman–Crippen LogP) is 3.18. The van der Waals surface area contributed by atoms with Crippen molar-refractivity contribution >= 4 is 6.08 Å². The molecule has 1 aromatic carbocycles. The summed E-state index contributed by atoms with van der Waals surface area (Å²) in [5.41, 5.74) is 0.0144. The van der Waals surface area contributed by atoms with Gasteiger partial charge in [0.1, 0.15) is 17.7 Å². The molecule has 1 rings (SSSR count). The molecular weight excluding hydrogens is 238 g/mol. The van der Waals surface area contributed by atoms with Gasteiger partial charge in [-0.1, -0.05) is 6.92 Å². The fourth-order valence-corrected chi connectivity index (χ4v) is 1.24. The van der Waals surface area contributed by atoms with E-state index in [9.17, 15) is 8.78 Å². The van der Waals surface area contributed by atoms with Crippen LogP contribution in [0.5, 0.6) is 5.75 Å². The maximum absolute atomic E-state index is 13.4. The SMILES string of the molecule is CCCOc1cc(C=C(C#N)C#N)cc(F)c1F. The normalized spacial score (nSPS) is 9.17. The van der Waals surface area contributed by atoms with Gasteiger partial charge in [0, 0.05) is 0 Å². The van der Waals surface area contributed by atoms with Gasteiger partial charge >= 0.3 is 0 Å². The van der Waals surface area contributed by atoms with Crippen LogP contribution in [-0.4, -0.2) is 6.61 Å². The number of ether oxygens (including phenoxy) is 1. The zero-order chi connectivity index (χ0) is 13.5. The van der Waals surface area contributed by atoms with E-state index in [4.69, 9.17) is 15.3 Å². The van der Waals surface area contributed by atoms with Gasteiger partial charge in [-0.15, -0.1) is 0 Å². The largest absolute Gasteiger partial charge is 0.490 e. The Labute approximate surface area is 104 Å². The maximum Gasteiger partial charge on any atom is 0.200 e. The molecule has 0 unspecified atom stereocenters. The highest BCUT2D eigenvalue weighted by molar-refractivity contribution is 5.63. The van der Waals surface area contributed by atoms with Crippen LogP contribution >= 0.6 is 0 Å². The van der Waals surface area contributed by atoms with Crippen LogP contribution in [0.25, 0.3) is 6.08 Å². The monoisotopic (exact) mass is 248 g/mol. The third-order valence-corrected chi connectivity index (χ3v) is 2.03. The maximum atomic E-state index is 13.4. The molecule has 0 saturated carbocycles. The van der Waals surface area contributed by atoms with E-state index in [1.807, 2.05) is 6.92 Å². The minimum absolute atomic E-state index is 0.192. The minimum Gasteiger partial charge on any atom is -0.490 e. The van der Waals surface area contributed by atoms with E-state index < -0.39 is 11.6 Å². The molecule has 1 aromatic rings. The molecule has 0 heterocycles. The number of rotatable bonds is 4. The number of hydrogen-bond donors (Lipinski definition) is 0. The molecule has 5 heteroatoms. The van der Waals surface area contributed by atoms with Gasteiger partial charge in [-0.3, -0.25) is 0 Å². The van der Waals surface area contributed by atoms with Crippen molar-refractivity contribution in [3.05, 3.63) is 34.9 Å². The van der Waals surface area contributed by atoms with E-state index in [0.717, 1.165) is 6.07 Å². The first-order valence-corrected chi connectivity index (χ1v) is 5.26. The summed E-state index contributed by atoms with van der Waals surface area (Å²) in [6, 6.07) is 5.44. The average Bonchev–Trinajstić information content (AvgIpc) is 2.38. The first-order chi connectivity index (χ1) is 8.62. The van der Waals surface area contributed by atoms with E-state index in [1.165, 1.54) is 12.1 Å². The van der Waals surface area contributed by atoms with Gasteiger partial charge < -0.3 is 4.74 Å². The van der Waals surface area contributed by atoms with Gasteiger partial charge in [-0.05, 0) is 30.2 Å². The molecular formula is C13H10F2N2O. The Morgan fingerprint density at radius 3 is 2.56 bits per heavy atom. The Kier molecular flexibility index (Phi) is 4.83. The number of halogens is 2. The zero-order valence-corrected chi connectivity index (χ0v) is 9.70. The second kappa shape index (κ2) is 6.36. The highest BCUT2D eigenvalue weighted by atomic mass is 19.2. The van der Waals surface area contributed by atoms with Crippen molar-refractivity contribution in [1.29, 1.82) is 10.5 Å². The second-order valence-electron chi connectivity index (χ2n) is 3.44. The zero-order valence-electron chi connectivity index (χ0n) is 9.70. The van der Waals surface area contributed by atoms with Crippen molar-refractivity contribution in [2.75, 3.05) is 6.61 Å². The second-order valence-corrected chi connectivity index (χ2v) is 3.44. The van der Waals surface area contributed by atoms with Crippen molar-refractivity contribution in [3.8, 4) is 17.9 Å². The Morgan fingerprint density at radius 2 is 2.00 bits per heavy atom. The molecule has 18 heavy (non-hydrogen) atoms. The first kappa shape index (κ1) is 13.7. The summed E-state index contributed by atoms with van der Waals surface area (Å²) in [7, 11) is 0. The molecule has 0 radical (unpaired) electrons. The lowest BCUT2D eigenvalue weighted by Gasteiger charge is -2.07. The van der Waals surface area contributed by atoms with Crippen molar-refractivity contribution < 1.29 is 13.5 Å². The number of hydrogen-bond acceptors (Lipinski definition) is 3. The highest BCUT2D eigenvalue weighted by Crippen LogP contribution is 2.23. The van der Waals surface area contributed by atoms with Gasteiger partial charge in [0.15, 0.2) is 11.6 Å². The molecule has 0 aromatic heterocycles. The molecule has 0 atom stereocenters. The van der Waals surface area contributed by atoms with E-state index in [1.54, 1.807) is 12.1 Å². The molecule has 0 amide bonds. The smallest absolute Gasteiger partial charge is 0.200 e. The molecule has 0 spiro atoms. The topological polar surface area (TPSA) is 56.8 Å². The van der Waals surface area contributed by atoms with Gasteiger partial charge in [0.2, 0.25) is 5.82 Å². The van der Waals surface area contributed by atoms with Crippen LogP contribution in [0.4, 0.5) is 8.78 Å². The van der Waals surface area contributed by atoms with Crippen LogP contribution in [0.2, 0.25) is 0 Å². The summed E-state index contributed by atoms with van der Waals surface area (Å²) >= 11 is 0. The molecule has 92 valence electrons. The average molecular weight is 248 g/mol. The molecule has 0 N–H and O–H groups in total. The summed E-state index contributed by atoms with van der Waals surface area (Å²) < 4.78 is 31.7. The first-order valence-electron chi connectivity index (χ1n) is 5.26. The molecule has 3 nitrogen and oxygen atoms in total. The Morgan fingerprint density at radius 1 is 1.33 bits per heavy atom. The van der Waals surface area contributed by atoms with E-state index in [-0.39, 0.29) is 23.5 Å². The van der Waals surface area contributed by atoms with Crippen LogP contribution in [0.15, 0.2) is 17.7 Å². The van der Waals surface area contributed by atoms with Crippen molar-refractivity contribution in [2.45, 2.75) is 13.3 Å². The van der Waals surface area contributed by atoms with Crippen molar-refractivity contribution in [2.24, 2.45) is 0 Å². The van der Waals surface area contributed by atoms with Crippen LogP contribution in [-0.2, 0) is 0 Å². The van der Waals surface area contributed by atoms with E-state index in [0.29, 0.717) is 6.42 Å². The molecule has 0 aliphatic rings.